The number of hydrogen-bond acceptors (Lipinski definition) is 2. The normalized spacial score (nSPS) is 43.5. The molecule has 0 aromatic carbocycles. The Balaban J connectivity index is 2.06. The summed E-state index contributed by atoms with van der Waals surface area (Å²) in [6.07, 6.45) is 4.75. The number of piperidine rings is 1. The van der Waals surface area contributed by atoms with Crippen LogP contribution in [0.5, 0.6) is 0 Å². The first kappa shape index (κ1) is 10.4. The van der Waals surface area contributed by atoms with E-state index in [1.807, 2.05) is 0 Å². The SMILES string of the molecule is CC(C)CC1C(O)CC2CCC1N2C. The Kier molecular flexibility index (Phi) is 2.85. The van der Waals surface area contributed by atoms with Gasteiger partial charge in [0.05, 0.1) is 6.10 Å². The van der Waals surface area contributed by atoms with E-state index in [0.29, 0.717) is 23.9 Å². The molecule has 2 fully saturated rings. The molecule has 2 nitrogen and oxygen atoms in total. The van der Waals surface area contributed by atoms with E-state index >= 15 is 0 Å². The van der Waals surface area contributed by atoms with Crippen molar-refractivity contribution in [3.63, 3.8) is 0 Å². The molecule has 2 heteroatoms. The topological polar surface area (TPSA) is 23.5 Å². The van der Waals surface area contributed by atoms with E-state index in [9.17, 15) is 5.11 Å². The predicted octanol–water partition coefficient (Wildman–Crippen LogP) is 1.88. The summed E-state index contributed by atoms with van der Waals surface area (Å²) >= 11 is 0. The van der Waals surface area contributed by atoms with Crippen molar-refractivity contribution in [1.29, 1.82) is 0 Å². The summed E-state index contributed by atoms with van der Waals surface area (Å²) in [7, 11) is 2.24. The number of aliphatic hydroxyl groups excluding tert-OH is 1. The van der Waals surface area contributed by atoms with Crippen LogP contribution in [0.3, 0.4) is 0 Å². The van der Waals surface area contributed by atoms with E-state index in [1.165, 1.54) is 19.3 Å². The van der Waals surface area contributed by atoms with Gasteiger partial charge in [-0.2, -0.15) is 0 Å². The zero-order chi connectivity index (χ0) is 10.3. The van der Waals surface area contributed by atoms with E-state index in [1.54, 1.807) is 0 Å². The first-order chi connectivity index (χ1) is 6.59. The van der Waals surface area contributed by atoms with Crippen LogP contribution in [0.4, 0.5) is 0 Å². The third-order valence-corrected chi connectivity index (χ3v) is 4.14. The fourth-order valence-corrected chi connectivity index (χ4v) is 3.41. The van der Waals surface area contributed by atoms with Crippen molar-refractivity contribution in [2.75, 3.05) is 7.05 Å². The Morgan fingerprint density at radius 2 is 2.07 bits per heavy atom. The fourth-order valence-electron chi connectivity index (χ4n) is 3.41. The summed E-state index contributed by atoms with van der Waals surface area (Å²) < 4.78 is 0. The molecule has 4 unspecified atom stereocenters. The highest BCUT2D eigenvalue weighted by Gasteiger charge is 2.44. The van der Waals surface area contributed by atoms with Crippen LogP contribution < -0.4 is 0 Å². The lowest BCUT2D eigenvalue weighted by molar-refractivity contribution is -0.0152. The summed E-state index contributed by atoms with van der Waals surface area (Å²) in [6.45, 7) is 4.52. The number of fused-ring (bicyclic) bond motifs is 2. The van der Waals surface area contributed by atoms with Gasteiger partial charge < -0.3 is 5.11 Å². The maximum atomic E-state index is 10.1. The van der Waals surface area contributed by atoms with Crippen LogP contribution in [-0.4, -0.2) is 35.2 Å². The second-order valence-electron chi connectivity index (χ2n) is 5.56. The molecule has 0 radical (unpaired) electrons. The van der Waals surface area contributed by atoms with Gasteiger partial charge in [-0.05, 0) is 38.6 Å². The van der Waals surface area contributed by atoms with Gasteiger partial charge in [0, 0.05) is 18.0 Å². The molecular formula is C12H23NO. The van der Waals surface area contributed by atoms with Crippen molar-refractivity contribution in [2.45, 2.75) is 57.7 Å². The van der Waals surface area contributed by atoms with E-state index in [0.717, 1.165) is 6.42 Å². The lowest BCUT2D eigenvalue weighted by Crippen LogP contribution is -2.49. The maximum Gasteiger partial charge on any atom is 0.0598 e. The lowest BCUT2D eigenvalue weighted by atomic mass is 9.82. The monoisotopic (exact) mass is 197 g/mol. The standard InChI is InChI=1S/C12H23NO/c1-8(2)6-10-11-5-4-9(13(11)3)7-12(10)14/h8-12,14H,4-7H2,1-3H3. The Hall–Kier alpha value is -0.0800. The van der Waals surface area contributed by atoms with Gasteiger partial charge in [-0.15, -0.1) is 0 Å². The Morgan fingerprint density at radius 1 is 1.36 bits per heavy atom. The molecule has 2 aliphatic heterocycles. The quantitative estimate of drug-likeness (QED) is 0.730. The largest absolute Gasteiger partial charge is 0.393 e. The van der Waals surface area contributed by atoms with E-state index < -0.39 is 0 Å². The molecule has 1 N–H and O–H groups in total. The summed E-state index contributed by atoms with van der Waals surface area (Å²) in [4.78, 5) is 2.51. The molecule has 0 saturated carbocycles. The molecule has 4 atom stereocenters. The molecule has 0 amide bonds. The van der Waals surface area contributed by atoms with E-state index in [4.69, 9.17) is 0 Å². The maximum absolute atomic E-state index is 10.1. The van der Waals surface area contributed by atoms with Gasteiger partial charge in [-0.25, -0.2) is 0 Å². The van der Waals surface area contributed by atoms with Gasteiger partial charge >= 0.3 is 0 Å². The van der Waals surface area contributed by atoms with Crippen LogP contribution in [-0.2, 0) is 0 Å². The molecule has 2 aliphatic rings. The lowest BCUT2D eigenvalue weighted by Gasteiger charge is -2.41. The van der Waals surface area contributed by atoms with Crippen molar-refractivity contribution in [3.8, 4) is 0 Å². The minimum Gasteiger partial charge on any atom is -0.393 e. The minimum absolute atomic E-state index is 0.0360. The molecule has 82 valence electrons. The highest BCUT2D eigenvalue weighted by molar-refractivity contribution is 4.98. The first-order valence-corrected chi connectivity index (χ1v) is 5.99. The second kappa shape index (κ2) is 3.82. The average Bonchev–Trinajstić information content (AvgIpc) is 2.34. The van der Waals surface area contributed by atoms with Crippen LogP contribution in [0.15, 0.2) is 0 Å². The van der Waals surface area contributed by atoms with Crippen LogP contribution in [0.2, 0.25) is 0 Å². The molecule has 2 bridgehead atoms. The summed E-state index contributed by atoms with van der Waals surface area (Å²) in [5.74, 6) is 1.24. The summed E-state index contributed by atoms with van der Waals surface area (Å²) in [5, 5.41) is 10.1. The van der Waals surface area contributed by atoms with Crippen molar-refractivity contribution in [2.24, 2.45) is 11.8 Å². The number of aliphatic hydroxyl groups is 1. The molecule has 14 heavy (non-hydrogen) atoms. The van der Waals surface area contributed by atoms with Gasteiger partial charge in [0.2, 0.25) is 0 Å². The van der Waals surface area contributed by atoms with Gasteiger partial charge in [0.15, 0.2) is 0 Å². The second-order valence-corrected chi connectivity index (χ2v) is 5.56. The molecule has 0 aromatic rings. The molecule has 2 heterocycles. The van der Waals surface area contributed by atoms with Gasteiger partial charge in [0.1, 0.15) is 0 Å². The summed E-state index contributed by atoms with van der Waals surface area (Å²) in [5.41, 5.74) is 0. The fraction of sp³-hybridized carbons (Fsp3) is 1.00. The molecule has 2 rings (SSSR count). The first-order valence-electron chi connectivity index (χ1n) is 5.99. The molecular weight excluding hydrogens is 174 g/mol. The van der Waals surface area contributed by atoms with E-state index in [-0.39, 0.29) is 6.10 Å². The van der Waals surface area contributed by atoms with Crippen molar-refractivity contribution >= 4 is 0 Å². The smallest absolute Gasteiger partial charge is 0.0598 e. The molecule has 2 saturated heterocycles. The number of hydrogen-bond donors (Lipinski definition) is 1. The molecule has 0 aliphatic carbocycles. The van der Waals surface area contributed by atoms with Crippen LogP contribution >= 0.6 is 0 Å². The zero-order valence-corrected chi connectivity index (χ0v) is 9.61. The minimum atomic E-state index is -0.0360. The van der Waals surface area contributed by atoms with Crippen LogP contribution in [0, 0.1) is 11.8 Å². The number of rotatable bonds is 2. The average molecular weight is 197 g/mol. The van der Waals surface area contributed by atoms with Crippen LogP contribution in [0.25, 0.3) is 0 Å². The van der Waals surface area contributed by atoms with Gasteiger partial charge in [-0.3, -0.25) is 4.90 Å². The third kappa shape index (κ3) is 1.70. The highest BCUT2D eigenvalue weighted by Crippen LogP contribution is 2.40. The van der Waals surface area contributed by atoms with Gasteiger partial charge in [0.25, 0.3) is 0 Å². The summed E-state index contributed by atoms with van der Waals surface area (Å²) in [6, 6.07) is 1.32. The number of nitrogens with zero attached hydrogens (tertiary/aromatic N) is 1. The Bertz CT molecular complexity index is 204. The Morgan fingerprint density at radius 3 is 2.71 bits per heavy atom. The third-order valence-electron chi connectivity index (χ3n) is 4.14. The molecule has 0 spiro atoms. The molecule has 0 aromatic heterocycles. The van der Waals surface area contributed by atoms with Gasteiger partial charge in [-0.1, -0.05) is 13.8 Å². The Labute approximate surface area is 87.3 Å². The zero-order valence-electron chi connectivity index (χ0n) is 9.61. The van der Waals surface area contributed by atoms with Crippen molar-refractivity contribution < 1.29 is 5.11 Å². The van der Waals surface area contributed by atoms with Crippen molar-refractivity contribution in [1.82, 2.24) is 4.90 Å². The highest BCUT2D eigenvalue weighted by atomic mass is 16.3. The predicted molar refractivity (Wildman–Crippen MR) is 58.1 cm³/mol. The van der Waals surface area contributed by atoms with Crippen LogP contribution in [0.1, 0.15) is 39.5 Å². The van der Waals surface area contributed by atoms with Crippen molar-refractivity contribution in [3.05, 3.63) is 0 Å². The van der Waals surface area contributed by atoms with E-state index in [2.05, 4.69) is 25.8 Å².